The Kier molecular flexibility index (Phi) is 9.74. The van der Waals surface area contributed by atoms with Crippen molar-refractivity contribution in [2.45, 2.75) is 103 Å². The van der Waals surface area contributed by atoms with Crippen LogP contribution < -0.4 is 5.32 Å². The van der Waals surface area contributed by atoms with Crippen molar-refractivity contribution in [3.63, 3.8) is 0 Å². The van der Waals surface area contributed by atoms with E-state index in [0.717, 1.165) is 17.7 Å². The van der Waals surface area contributed by atoms with E-state index >= 15 is 0 Å². The maximum Gasteiger partial charge on any atom is 0.257 e. The van der Waals surface area contributed by atoms with Crippen LogP contribution in [0.25, 0.3) is 0 Å². The fraction of sp³-hybridized carbons (Fsp3) is 0.548. The van der Waals surface area contributed by atoms with E-state index in [9.17, 15) is 18.4 Å². The van der Waals surface area contributed by atoms with Gasteiger partial charge in [-0.25, -0.2) is 8.78 Å². The molecule has 6 nitrogen and oxygen atoms in total. The zero-order valence-corrected chi connectivity index (χ0v) is 28.1. The van der Waals surface area contributed by atoms with Crippen LogP contribution in [-0.4, -0.2) is 58.1 Å². The SMILES string of the molecule is CC(C)(C)[Si](C)(C)O[C@H]1CN(C(=O)c2ccc(F)cc2F)C(C(=O)NCc2ccccc2)[C@@H]1O[Si](C)(C)C(C)(C)C. The molecule has 10 heteroatoms. The number of nitrogens with zero attached hydrogens (tertiary/aromatic N) is 1. The van der Waals surface area contributed by atoms with Crippen LogP contribution in [0.2, 0.25) is 36.3 Å². The van der Waals surface area contributed by atoms with Gasteiger partial charge in [0.25, 0.3) is 5.91 Å². The maximum absolute atomic E-state index is 14.9. The normalized spacial score (nSPS) is 20.3. The third-order valence-electron chi connectivity index (χ3n) is 8.88. The lowest BCUT2D eigenvalue weighted by atomic mass is 10.1. The Bertz CT molecular complexity index is 1240. The van der Waals surface area contributed by atoms with Crippen molar-refractivity contribution in [3.8, 4) is 0 Å². The first-order chi connectivity index (χ1) is 18.7. The minimum Gasteiger partial charge on any atom is -0.409 e. The second-order valence-electron chi connectivity index (χ2n) is 14.0. The van der Waals surface area contributed by atoms with Gasteiger partial charge in [0.05, 0.1) is 11.7 Å². The molecule has 2 aromatic carbocycles. The fourth-order valence-electron chi connectivity index (χ4n) is 4.32. The minimum atomic E-state index is -2.48. The number of hydrogen-bond donors (Lipinski definition) is 1. The predicted molar refractivity (Wildman–Crippen MR) is 164 cm³/mol. The Morgan fingerprint density at radius 1 is 0.902 bits per heavy atom. The maximum atomic E-state index is 14.9. The molecule has 226 valence electrons. The van der Waals surface area contributed by atoms with E-state index in [1.807, 2.05) is 30.3 Å². The van der Waals surface area contributed by atoms with Gasteiger partial charge in [0.2, 0.25) is 5.91 Å². The summed E-state index contributed by atoms with van der Waals surface area (Å²) in [6, 6.07) is 11.2. The second kappa shape index (κ2) is 12.1. The number of rotatable bonds is 8. The van der Waals surface area contributed by atoms with Crippen LogP contribution in [0, 0.1) is 11.6 Å². The molecule has 1 saturated heterocycles. The molecule has 3 rings (SSSR count). The molecular formula is C31H46F2N2O4Si2. The highest BCUT2D eigenvalue weighted by Gasteiger charge is 2.55. The van der Waals surface area contributed by atoms with Gasteiger partial charge in [-0.2, -0.15) is 0 Å². The molecule has 0 saturated carbocycles. The van der Waals surface area contributed by atoms with E-state index in [1.165, 1.54) is 4.90 Å². The Balaban J connectivity index is 2.10. The monoisotopic (exact) mass is 604 g/mol. The number of halogens is 2. The van der Waals surface area contributed by atoms with Crippen LogP contribution in [0.15, 0.2) is 48.5 Å². The largest absolute Gasteiger partial charge is 0.409 e. The summed E-state index contributed by atoms with van der Waals surface area (Å²) >= 11 is 0. The van der Waals surface area contributed by atoms with E-state index in [0.29, 0.717) is 6.07 Å². The third kappa shape index (κ3) is 7.52. The lowest BCUT2D eigenvalue weighted by Gasteiger charge is -2.43. The minimum absolute atomic E-state index is 0.0465. The highest BCUT2D eigenvalue weighted by atomic mass is 28.4. The van der Waals surface area contributed by atoms with Gasteiger partial charge in [-0.05, 0) is 54.0 Å². The van der Waals surface area contributed by atoms with Crippen molar-refractivity contribution in [3.05, 3.63) is 71.3 Å². The smallest absolute Gasteiger partial charge is 0.257 e. The van der Waals surface area contributed by atoms with Gasteiger partial charge >= 0.3 is 0 Å². The topological polar surface area (TPSA) is 67.9 Å². The van der Waals surface area contributed by atoms with Gasteiger partial charge in [-0.1, -0.05) is 71.9 Å². The molecule has 0 aromatic heterocycles. The Labute approximate surface area is 246 Å². The van der Waals surface area contributed by atoms with Crippen molar-refractivity contribution in [1.29, 1.82) is 0 Å². The summed E-state index contributed by atoms with van der Waals surface area (Å²) in [6.07, 6.45) is -1.38. The molecule has 0 radical (unpaired) electrons. The van der Waals surface area contributed by atoms with Crippen LogP contribution in [0.5, 0.6) is 0 Å². The number of nitrogens with one attached hydrogen (secondary N) is 1. The fourth-order valence-corrected chi connectivity index (χ4v) is 6.95. The van der Waals surface area contributed by atoms with Crippen molar-refractivity contribution in [1.82, 2.24) is 10.2 Å². The second-order valence-corrected chi connectivity index (χ2v) is 23.5. The molecule has 0 spiro atoms. The van der Waals surface area contributed by atoms with Crippen LogP contribution in [0.4, 0.5) is 8.78 Å². The first-order valence-corrected chi connectivity index (χ1v) is 20.0. The lowest BCUT2D eigenvalue weighted by Crippen LogP contribution is -2.56. The molecule has 1 aliphatic heterocycles. The number of hydrogen-bond acceptors (Lipinski definition) is 4. The predicted octanol–water partition coefficient (Wildman–Crippen LogP) is 6.89. The van der Waals surface area contributed by atoms with Gasteiger partial charge in [0.15, 0.2) is 16.6 Å². The average Bonchev–Trinajstić information content (AvgIpc) is 3.18. The molecular weight excluding hydrogens is 559 g/mol. The molecule has 2 amide bonds. The molecule has 2 aromatic rings. The van der Waals surface area contributed by atoms with E-state index < -0.39 is 58.3 Å². The summed E-state index contributed by atoms with van der Waals surface area (Å²) in [4.78, 5) is 29.2. The molecule has 1 heterocycles. The molecule has 1 N–H and O–H groups in total. The summed E-state index contributed by atoms with van der Waals surface area (Å²) in [6.45, 7) is 21.4. The van der Waals surface area contributed by atoms with Gasteiger partial charge in [0, 0.05) is 19.2 Å². The molecule has 0 aliphatic carbocycles. The van der Waals surface area contributed by atoms with Gasteiger partial charge < -0.3 is 19.1 Å². The number of likely N-dealkylation sites (tertiary alicyclic amines) is 1. The summed E-state index contributed by atoms with van der Waals surface area (Å²) in [7, 11) is -4.86. The van der Waals surface area contributed by atoms with Crippen LogP contribution in [0.1, 0.15) is 57.5 Å². The molecule has 41 heavy (non-hydrogen) atoms. The van der Waals surface area contributed by atoms with Gasteiger partial charge in [-0.15, -0.1) is 0 Å². The van der Waals surface area contributed by atoms with Crippen molar-refractivity contribution in [2.24, 2.45) is 0 Å². The van der Waals surface area contributed by atoms with Crippen molar-refractivity contribution in [2.75, 3.05) is 6.54 Å². The summed E-state index contributed by atoms with van der Waals surface area (Å²) in [5, 5.41) is 2.65. The van der Waals surface area contributed by atoms with Gasteiger partial charge in [-0.3, -0.25) is 9.59 Å². The van der Waals surface area contributed by atoms with Crippen LogP contribution in [-0.2, 0) is 20.2 Å². The number of carbonyl (C=O) groups excluding carboxylic acids is 2. The van der Waals surface area contributed by atoms with Crippen molar-refractivity contribution < 1.29 is 27.2 Å². The third-order valence-corrected chi connectivity index (χ3v) is 17.9. The lowest BCUT2D eigenvalue weighted by molar-refractivity contribution is -0.127. The first-order valence-electron chi connectivity index (χ1n) is 14.2. The standard InChI is InChI=1S/C31H46F2N2O4Si2/c1-30(2,3)40(7,8)38-25-20-35(29(37)23-17-16-22(32)18-24(23)33)26(27(25)39-41(9,10)31(4,5)6)28(36)34-19-21-14-12-11-13-15-21/h11-18,25-27H,19-20H2,1-10H3,(H,34,36)/t25-,26?,27+/m0/s1. The molecule has 1 fully saturated rings. The number of carbonyl (C=O) groups is 2. The highest BCUT2D eigenvalue weighted by molar-refractivity contribution is 6.74. The number of benzene rings is 2. The van der Waals surface area contributed by atoms with E-state index in [1.54, 1.807) is 0 Å². The first kappa shape index (κ1) is 33.1. The molecule has 1 aliphatic rings. The summed E-state index contributed by atoms with van der Waals surface area (Å²) in [5.74, 6) is -2.87. The summed E-state index contributed by atoms with van der Waals surface area (Å²) in [5.41, 5.74) is 0.601. The van der Waals surface area contributed by atoms with Crippen LogP contribution >= 0.6 is 0 Å². The quantitative estimate of drug-likeness (QED) is 0.334. The highest BCUT2D eigenvalue weighted by Crippen LogP contribution is 2.43. The summed E-state index contributed by atoms with van der Waals surface area (Å²) < 4.78 is 42.3. The van der Waals surface area contributed by atoms with E-state index in [4.69, 9.17) is 8.85 Å². The Morgan fingerprint density at radius 3 is 2.00 bits per heavy atom. The Hall–Kier alpha value is -2.41. The Morgan fingerprint density at radius 2 is 1.46 bits per heavy atom. The zero-order valence-electron chi connectivity index (χ0n) is 26.1. The van der Waals surface area contributed by atoms with Gasteiger partial charge in [0.1, 0.15) is 23.8 Å². The van der Waals surface area contributed by atoms with E-state index in [-0.39, 0.29) is 28.7 Å². The van der Waals surface area contributed by atoms with Crippen LogP contribution in [0.3, 0.4) is 0 Å². The average molecular weight is 605 g/mol. The molecule has 0 bridgehead atoms. The zero-order chi connectivity index (χ0) is 31.0. The van der Waals surface area contributed by atoms with E-state index in [2.05, 4.69) is 73.0 Å². The molecule has 3 atom stereocenters. The number of amides is 2. The van der Waals surface area contributed by atoms with Crippen molar-refractivity contribution >= 4 is 28.4 Å². The molecule has 1 unspecified atom stereocenters.